The topological polar surface area (TPSA) is 67.6 Å². The van der Waals surface area contributed by atoms with Gasteiger partial charge < -0.3 is 5.73 Å². The molecule has 0 aliphatic rings. The molecule has 0 amide bonds. The van der Waals surface area contributed by atoms with Gasteiger partial charge in [-0.2, -0.15) is 5.10 Å². The van der Waals surface area contributed by atoms with E-state index >= 15 is 0 Å². The molecule has 0 radical (unpaired) electrons. The van der Waals surface area contributed by atoms with Crippen molar-refractivity contribution in [1.29, 1.82) is 0 Å². The van der Waals surface area contributed by atoms with Gasteiger partial charge in [-0.1, -0.05) is 26.0 Å². The normalized spacial score (nSPS) is 11.0. The first-order valence-electron chi connectivity index (χ1n) is 5.90. The number of rotatable bonds is 4. The third kappa shape index (κ3) is 3.06. The van der Waals surface area contributed by atoms with E-state index in [4.69, 9.17) is 5.73 Å². The van der Waals surface area contributed by atoms with Crippen molar-refractivity contribution in [2.75, 3.05) is 5.73 Å². The summed E-state index contributed by atoms with van der Waals surface area (Å²) in [6, 6.07) is 7.95. The smallest absolute Gasteiger partial charge is 0.153 e. The van der Waals surface area contributed by atoms with Crippen LogP contribution in [0.5, 0.6) is 0 Å². The largest absolute Gasteiger partial charge is 0.399 e. The molecule has 0 aliphatic carbocycles. The van der Waals surface area contributed by atoms with E-state index in [1.165, 1.54) is 5.56 Å². The molecule has 0 spiro atoms. The minimum Gasteiger partial charge on any atom is -0.399 e. The average Bonchev–Trinajstić information content (AvgIpc) is 2.75. The fourth-order valence-electron chi connectivity index (χ4n) is 1.69. The maximum Gasteiger partial charge on any atom is 0.153 e. The number of benzene rings is 1. The quantitative estimate of drug-likeness (QED) is 0.792. The standard InChI is InChI=1S/C13H18N4/c1-9(2)13-15-12(16-17-13)7-6-10-4-3-5-11(14)8-10/h3-5,8-9H,6-7,14H2,1-2H3,(H,15,16,17). The van der Waals surface area contributed by atoms with Crippen LogP contribution in [0.25, 0.3) is 0 Å². The number of nitrogens with one attached hydrogen (secondary N) is 1. The highest BCUT2D eigenvalue weighted by atomic mass is 15.2. The first-order chi connectivity index (χ1) is 8.15. The number of nitrogens with two attached hydrogens (primary N) is 1. The molecular formula is C13H18N4. The summed E-state index contributed by atoms with van der Waals surface area (Å²) in [6.45, 7) is 4.18. The highest BCUT2D eigenvalue weighted by Gasteiger charge is 2.06. The van der Waals surface area contributed by atoms with Crippen molar-refractivity contribution in [3.05, 3.63) is 41.5 Å². The molecule has 0 bridgehead atoms. The van der Waals surface area contributed by atoms with Crippen LogP contribution in [0.1, 0.15) is 37.0 Å². The summed E-state index contributed by atoms with van der Waals surface area (Å²) in [5, 5.41) is 7.16. The van der Waals surface area contributed by atoms with Gasteiger partial charge in [0.2, 0.25) is 0 Å². The van der Waals surface area contributed by atoms with E-state index in [0.717, 1.165) is 30.2 Å². The third-order valence-electron chi connectivity index (χ3n) is 2.67. The van der Waals surface area contributed by atoms with Crippen LogP contribution >= 0.6 is 0 Å². The Hall–Kier alpha value is -1.84. The van der Waals surface area contributed by atoms with Gasteiger partial charge in [0, 0.05) is 18.0 Å². The van der Waals surface area contributed by atoms with Crippen LogP contribution in [-0.4, -0.2) is 15.2 Å². The highest BCUT2D eigenvalue weighted by molar-refractivity contribution is 5.40. The molecule has 17 heavy (non-hydrogen) atoms. The summed E-state index contributed by atoms with van der Waals surface area (Å²) in [4.78, 5) is 4.45. The summed E-state index contributed by atoms with van der Waals surface area (Å²) in [7, 11) is 0. The molecule has 3 N–H and O–H groups in total. The van der Waals surface area contributed by atoms with Gasteiger partial charge in [-0.3, -0.25) is 5.10 Å². The molecule has 0 unspecified atom stereocenters. The minimum atomic E-state index is 0.368. The van der Waals surface area contributed by atoms with E-state index in [2.05, 4.69) is 35.1 Å². The van der Waals surface area contributed by atoms with Crippen LogP contribution in [-0.2, 0) is 12.8 Å². The Morgan fingerprint density at radius 2 is 2.12 bits per heavy atom. The van der Waals surface area contributed by atoms with Crippen LogP contribution in [0, 0.1) is 0 Å². The summed E-state index contributed by atoms with van der Waals surface area (Å²) >= 11 is 0. The van der Waals surface area contributed by atoms with Crippen molar-refractivity contribution in [3.63, 3.8) is 0 Å². The average molecular weight is 230 g/mol. The van der Waals surface area contributed by atoms with E-state index in [0.29, 0.717) is 5.92 Å². The van der Waals surface area contributed by atoms with E-state index < -0.39 is 0 Å². The van der Waals surface area contributed by atoms with Crippen LogP contribution in [0.15, 0.2) is 24.3 Å². The second kappa shape index (κ2) is 4.99. The van der Waals surface area contributed by atoms with Gasteiger partial charge in [-0.05, 0) is 24.1 Å². The number of aromatic nitrogens is 3. The predicted molar refractivity (Wildman–Crippen MR) is 68.7 cm³/mol. The van der Waals surface area contributed by atoms with Crippen molar-refractivity contribution in [2.24, 2.45) is 0 Å². The Labute approximate surface area is 101 Å². The zero-order chi connectivity index (χ0) is 12.3. The first-order valence-corrected chi connectivity index (χ1v) is 5.90. The monoisotopic (exact) mass is 230 g/mol. The van der Waals surface area contributed by atoms with Crippen LogP contribution < -0.4 is 5.73 Å². The lowest BCUT2D eigenvalue weighted by molar-refractivity contribution is 0.780. The molecule has 90 valence electrons. The lowest BCUT2D eigenvalue weighted by Crippen LogP contribution is -1.95. The van der Waals surface area contributed by atoms with Crippen LogP contribution in [0.3, 0.4) is 0 Å². The molecule has 1 aromatic heterocycles. The second-order valence-electron chi connectivity index (χ2n) is 4.54. The van der Waals surface area contributed by atoms with Crippen molar-refractivity contribution < 1.29 is 0 Å². The van der Waals surface area contributed by atoms with Gasteiger partial charge in [0.1, 0.15) is 5.82 Å². The molecule has 2 rings (SSSR count). The van der Waals surface area contributed by atoms with Crippen molar-refractivity contribution >= 4 is 5.69 Å². The summed E-state index contributed by atoms with van der Waals surface area (Å²) in [5.41, 5.74) is 7.77. The van der Waals surface area contributed by atoms with Gasteiger partial charge in [0.15, 0.2) is 5.82 Å². The molecule has 1 heterocycles. The Bertz CT molecular complexity index is 488. The number of nitrogen functional groups attached to an aromatic ring is 1. The van der Waals surface area contributed by atoms with Gasteiger partial charge in [0.25, 0.3) is 0 Å². The summed E-state index contributed by atoms with van der Waals surface area (Å²) in [6.07, 6.45) is 1.79. The maximum atomic E-state index is 5.74. The molecular weight excluding hydrogens is 212 g/mol. The van der Waals surface area contributed by atoms with Gasteiger partial charge in [-0.15, -0.1) is 0 Å². The highest BCUT2D eigenvalue weighted by Crippen LogP contribution is 2.11. The molecule has 0 fully saturated rings. The fraction of sp³-hybridized carbons (Fsp3) is 0.385. The molecule has 0 aliphatic heterocycles. The number of aryl methyl sites for hydroxylation is 2. The number of nitrogens with zero attached hydrogens (tertiary/aromatic N) is 2. The third-order valence-corrected chi connectivity index (χ3v) is 2.67. The van der Waals surface area contributed by atoms with E-state index in [9.17, 15) is 0 Å². The van der Waals surface area contributed by atoms with Crippen molar-refractivity contribution in [1.82, 2.24) is 15.2 Å². The zero-order valence-electron chi connectivity index (χ0n) is 10.3. The Morgan fingerprint density at radius 3 is 2.76 bits per heavy atom. The molecule has 4 heteroatoms. The van der Waals surface area contributed by atoms with Crippen LogP contribution in [0.4, 0.5) is 5.69 Å². The van der Waals surface area contributed by atoms with Gasteiger partial charge >= 0.3 is 0 Å². The molecule has 4 nitrogen and oxygen atoms in total. The molecule has 0 saturated carbocycles. The van der Waals surface area contributed by atoms with Gasteiger partial charge in [-0.25, -0.2) is 4.98 Å². The van der Waals surface area contributed by atoms with Crippen LogP contribution in [0.2, 0.25) is 0 Å². The number of H-pyrrole nitrogens is 1. The summed E-state index contributed by atoms with van der Waals surface area (Å²) in [5.74, 6) is 2.19. The Morgan fingerprint density at radius 1 is 1.29 bits per heavy atom. The van der Waals surface area contributed by atoms with Crippen molar-refractivity contribution in [3.8, 4) is 0 Å². The predicted octanol–water partition coefficient (Wildman–Crippen LogP) is 2.30. The molecule has 0 saturated heterocycles. The molecule has 0 atom stereocenters. The number of anilines is 1. The van der Waals surface area contributed by atoms with E-state index in [-0.39, 0.29) is 0 Å². The Balaban J connectivity index is 1.97. The number of hydrogen-bond donors (Lipinski definition) is 2. The molecule has 2 aromatic rings. The summed E-state index contributed by atoms with van der Waals surface area (Å²) < 4.78 is 0. The molecule has 1 aromatic carbocycles. The first kappa shape index (κ1) is 11.6. The van der Waals surface area contributed by atoms with E-state index in [1.54, 1.807) is 0 Å². The Kier molecular flexibility index (Phi) is 3.42. The second-order valence-corrected chi connectivity index (χ2v) is 4.54. The number of aromatic amines is 1. The maximum absolute atomic E-state index is 5.74. The van der Waals surface area contributed by atoms with E-state index in [1.807, 2.05) is 18.2 Å². The minimum absolute atomic E-state index is 0.368. The lowest BCUT2D eigenvalue weighted by Gasteiger charge is -2.00. The zero-order valence-corrected chi connectivity index (χ0v) is 10.3. The van der Waals surface area contributed by atoms with Crippen molar-refractivity contribution in [2.45, 2.75) is 32.6 Å². The van der Waals surface area contributed by atoms with Gasteiger partial charge in [0.05, 0.1) is 0 Å². The fourth-order valence-corrected chi connectivity index (χ4v) is 1.69. The number of hydrogen-bond acceptors (Lipinski definition) is 3. The SMILES string of the molecule is CC(C)c1n[nH]c(CCc2cccc(N)c2)n1. The lowest BCUT2D eigenvalue weighted by atomic mass is 10.1.